The lowest BCUT2D eigenvalue weighted by atomic mass is 10.2. The number of thioether (sulfide) groups is 1. The molecule has 1 aromatic heterocycles. The summed E-state index contributed by atoms with van der Waals surface area (Å²) in [6.07, 6.45) is 0. The molecule has 5 heteroatoms. The summed E-state index contributed by atoms with van der Waals surface area (Å²) in [7, 11) is 1.79. The van der Waals surface area contributed by atoms with Crippen LogP contribution in [0.15, 0.2) is 53.7 Å². The molecule has 3 rings (SSSR count). The molecule has 0 aliphatic carbocycles. The standard InChI is InChI=1S/C17H17N3OS/c1-12-7-6-10-14-16(12)19-17(18-14)22-11-15(21)20(2)13-8-4-3-5-9-13/h3-10H,11H2,1-2H3,(H,18,19). The smallest absolute Gasteiger partial charge is 0.237 e. The van der Waals surface area contributed by atoms with Crippen LogP contribution in [-0.4, -0.2) is 28.7 Å². The Morgan fingerprint density at radius 3 is 2.68 bits per heavy atom. The van der Waals surface area contributed by atoms with Gasteiger partial charge in [0.1, 0.15) is 0 Å². The van der Waals surface area contributed by atoms with Crippen molar-refractivity contribution in [3.05, 3.63) is 54.1 Å². The number of aryl methyl sites for hydroxylation is 1. The van der Waals surface area contributed by atoms with Gasteiger partial charge >= 0.3 is 0 Å². The number of amides is 1. The first-order valence-corrected chi connectivity index (χ1v) is 8.03. The van der Waals surface area contributed by atoms with Crippen LogP contribution < -0.4 is 4.90 Å². The number of para-hydroxylation sites is 2. The maximum Gasteiger partial charge on any atom is 0.237 e. The number of hydrogen-bond donors (Lipinski definition) is 1. The summed E-state index contributed by atoms with van der Waals surface area (Å²) < 4.78 is 0. The summed E-state index contributed by atoms with van der Waals surface area (Å²) in [6, 6.07) is 15.7. The third kappa shape index (κ3) is 2.99. The molecule has 0 radical (unpaired) electrons. The van der Waals surface area contributed by atoms with Gasteiger partial charge in [0.2, 0.25) is 5.91 Å². The van der Waals surface area contributed by atoms with Gasteiger partial charge in [-0.3, -0.25) is 4.79 Å². The second-order valence-electron chi connectivity index (χ2n) is 5.09. The first-order chi connectivity index (χ1) is 10.6. The Morgan fingerprint density at radius 2 is 1.95 bits per heavy atom. The van der Waals surface area contributed by atoms with Gasteiger partial charge in [-0.05, 0) is 30.7 Å². The lowest BCUT2D eigenvalue weighted by molar-refractivity contribution is -0.115. The van der Waals surface area contributed by atoms with Crippen molar-refractivity contribution in [1.29, 1.82) is 0 Å². The van der Waals surface area contributed by atoms with Crippen molar-refractivity contribution in [3.8, 4) is 0 Å². The average molecular weight is 311 g/mol. The Hall–Kier alpha value is -2.27. The second kappa shape index (κ2) is 6.23. The van der Waals surface area contributed by atoms with Gasteiger partial charge in [0.05, 0.1) is 16.8 Å². The number of aromatic nitrogens is 2. The maximum absolute atomic E-state index is 12.3. The van der Waals surface area contributed by atoms with Crippen LogP contribution in [0.25, 0.3) is 11.0 Å². The number of carbonyl (C=O) groups is 1. The van der Waals surface area contributed by atoms with Crippen LogP contribution in [0.3, 0.4) is 0 Å². The van der Waals surface area contributed by atoms with E-state index in [0.717, 1.165) is 27.4 Å². The Balaban J connectivity index is 1.68. The van der Waals surface area contributed by atoms with Crippen LogP contribution in [0.1, 0.15) is 5.56 Å². The molecule has 4 nitrogen and oxygen atoms in total. The van der Waals surface area contributed by atoms with E-state index in [0.29, 0.717) is 5.75 Å². The molecule has 0 aliphatic heterocycles. The number of anilines is 1. The third-order valence-electron chi connectivity index (χ3n) is 3.54. The van der Waals surface area contributed by atoms with Crippen LogP contribution in [0.4, 0.5) is 5.69 Å². The molecule has 0 fully saturated rings. The van der Waals surface area contributed by atoms with Crippen molar-refractivity contribution in [2.24, 2.45) is 0 Å². The molecule has 1 amide bonds. The minimum Gasteiger partial charge on any atom is -0.333 e. The fourth-order valence-electron chi connectivity index (χ4n) is 2.24. The zero-order chi connectivity index (χ0) is 15.5. The lowest BCUT2D eigenvalue weighted by Gasteiger charge is -2.16. The molecular formula is C17H17N3OS. The molecule has 0 unspecified atom stereocenters. The predicted molar refractivity (Wildman–Crippen MR) is 91.4 cm³/mol. The highest BCUT2D eigenvalue weighted by molar-refractivity contribution is 7.99. The lowest BCUT2D eigenvalue weighted by Crippen LogP contribution is -2.27. The molecule has 0 spiro atoms. The molecule has 1 N–H and O–H groups in total. The van der Waals surface area contributed by atoms with Crippen LogP contribution in [0.5, 0.6) is 0 Å². The van der Waals surface area contributed by atoms with E-state index in [1.165, 1.54) is 11.8 Å². The number of imidazole rings is 1. The van der Waals surface area contributed by atoms with Crippen molar-refractivity contribution in [1.82, 2.24) is 9.97 Å². The summed E-state index contributed by atoms with van der Waals surface area (Å²) >= 11 is 1.43. The van der Waals surface area contributed by atoms with Gasteiger partial charge in [0.25, 0.3) is 0 Å². The van der Waals surface area contributed by atoms with Crippen molar-refractivity contribution in [2.75, 3.05) is 17.7 Å². The number of nitrogens with zero attached hydrogens (tertiary/aromatic N) is 2. The van der Waals surface area contributed by atoms with E-state index >= 15 is 0 Å². The van der Waals surface area contributed by atoms with Gasteiger partial charge in [-0.1, -0.05) is 42.1 Å². The van der Waals surface area contributed by atoms with E-state index in [1.54, 1.807) is 11.9 Å². The Bertz CT molecular complexity index is 798. The number of nitrogens with one attached hydrogen (secondary N) is 1. The molecule has 2 aromatic carbocycles. The maximum atomic E-state index is 12.3. The summed E-state index contributed by atoms with van der Waals surface area (Å²) in [5, 5.41) is 0.777. The van der Waals surface area contributed by atoms with Crippen molar-refractivity contribution < 1.29 is 4.79 Å². The van der Waals surface area contributed by atoms with Crippen LogP contribution in [0.2, 0.25) is 0 Å². The molecule has 0 aliphatic rings. The quantitative estimate of drug-likeness (QED) is 0.749. The number of hydrogen-bond acceptors (Lipinski definition) is 3. The molecular weight excluding hydrogens is 294 g/mol. The first kappa shape index (κ1) is 14.7. The highest BCUT2D eigenvalue weighted by atomic mass is 32.2. The van der Waals surface area contributed by atoms with Crippen LogP contribution in [-0.2, 0) is 4.79 Å². The SMILES string of the molecule is Cc1cccc2[nH]c(SCC(=O)N(C)c3ccccc3)nc12. The van der Waals surface area contributed by atoms with E-state index < -0.39 is 0 Å². The number of carbonyl (C=O) groups excluding carboxylic acids is 1. The Labute approximate surface area is 133 Å². The van der Waals surface area contributed by atoms with E-state index in [9.17, 15) is 4.79 Å². The summed E-state index contributed by atoms with van der Waals surface area (Å²) in [5.74, 6) is 0.401. The monoisotopic (exact) mass is 311 g/mol. The molecule has 112 valence electrons. The van der Waals surface area contributed by atoms with E-state index in [1.807, 2.05) is 55.5 Å². The van der Waals surface area contributed by atoms with Crippen molar-refractivity contribution in [2.45, 2.75) is 12.1 Å². The summed E-state index contributed by atoms with van der Waals surface area (Å²) in [5.41, 5.74) is 4.00. The molecule has 0 bridgehead atoms. The van der Waals surface area contributed by atoms with Gasteiger partial charge in [0, 0.05) is 12.7 Å². The van der Waals surface area contributed by atoms with Gasteiger partial charge < -0.3 is 9.88 Å². The topological polar surface area (TPSA) is 49.0 Å². The molecule has 3 aromatic rings. The normalized spacial score (nSPS) is 10.8. The largest absolute Gasteiger partial charge is 0.333 e. The Kier molecular flexibility index (Phi) is 4.15. The highest BCUT2D eigenvalue weighted by Gasteiger charge is 2.13. The number of H-pyrrole nitrogens is 1. The second-order valence-corrected chi connectivity index (χ2v) is 6.05. The van der Waals surface area contributed by atoms with Gasteiger partial charge in [-0.15, -0.1) is 0 Å². The average Bonchev–Trinajstić information content (AvgIpc) is 2.97. The van der Waals surface area contributed by atoms with E-state index in [-0.39, 0.29) is 5.91 Å². The molecule has 0 saturated carbocycles. The van der Waals surface area contributed by atoms with Gasteiger partial charge in [-0.25, -0.2) is 4.98 Å². The Morgan fingerprint density at radius 1 is 1.18 bits per heavy atom. The fourth-order valence-corrected chi connectivity index (χ4v) is 3.04. The molecule has 1 heterocycles. The fraction of sp³-hybridized carbons (Fsp3) is 0.176. The molecule has 0 atom stereocenters. The number of rotatable bonds is 4. The van der Waals surface area contributed by atoms with Crippen LogP contribution in [0, 0.1) is 6.92 Å². The number of aromatic amines is 1. The minimum atomic E-state index is 0.0494. The van der Waals surface area contributed by atoms with Gasteiger partial charge in [0.15, 0.2) is 5.16 Å². The zero-order valence-electron chi connectivity index (χ0n) is 12.5. The van der Waals surface area contributed by atoms with Crippen molar-refractivity contribution in [3.63, 3.8) is 0 Å². The van der Waals surface area contributed by atoms with Gasteiger partial charge in [-0.2, -0.15) is 0 Å². The third-order valence-corrected chi connectivity index (χ3v) is 4.40. The van der Waals surface area contributed by atoms with E-state index in [4.69, 9.17) is 0 Å². The number of benzene rings is 2. The molecule has 0 saturated heterocycles. The predicted octanol–water partition coefficient (Wildman–Crippen LogP) is 3.63. The van der Waals surface area contributed by atoms with E-state index in [2.05, 4.69) is 9.97 Å². The summed E-state index contributed by atoms with van der Waals surface area (Å²) in [6.45, 7) is 2.03. The highest BCUT2D eigenvalue weighted by Crippen LogP contribution is 2.22. The summed E-state index contributed by atoms with van der Waals surface area (Å²) in [4.78, 5) is 21.7. The number of fused-ring (bicyclic) bond motifs is 1. The van der Waals surface area contributed by atoms with Crippen molar-refractivity contribution >= 4 is 34.4 Å². The molecule has 22 heavy (non-hydrogen) atoms. The van der Waals surface area contributed by atoms with Crippen LogP contribution >= 0.6 is 11.8 Å². The zero-order valence-corrected chi connectivity index (χ0v) is 13.4. The first-order valence-electron chi connectivity index (χ1n) is 7.05. The minimum absolute atomic E-state index is 0.0494.